The molecule has 0 bridgehead atoms. The van der Waals surface area contributed by atoms with Crippen LogP contribution in [0.15, 0.2) is 18.2 Å². The predicted molar refractivity (Wildman–Crippen MR) is 68.5 cm³/mol. The van der Waals surface area contributed by atoms with Crippen molar-refractivity contribution in [3.8, 4) is 0 Å². The average Bonchev–Trinajstić information content (AvgIpc) is 2.33. The second kappa shape index (κ2) is 6.81. The van der Waals surface area contributed by atoms with Gasteiger partial charge in [-0.3, -0.25) is 0 Å². The largest absolute Gasteiger partial charge is 0.380 e. The van der Waals surface area contributed by atoms with Crippen LogP contribution in [0.25, 0.3) is 0 Å². The van der Waals surface area contributed by atoms with Crippen LogP contribution in [0.1, 0.15) is 19.4 Å². The summed E-state index contributed by atoms with van der Waals surface area (Å²) in [6.45, 7) is 4.15. The van der Waals surface area contributed by atoms with Crippen molar-refractivity contribution < 1.29 is 13.5 Å². The molecule has 1 aromatic rings. The monoisotopic (exact) mass is 257 g/mol. The lowest BCUT2D eigenvalue weighted by Crippen LogP contribution is -2.43. The maximum atomic E-state index is 13.1. The molecule has 0 amide bonds. The van der Waals surface area contributed by atoms with Gasteiger partial charge in [-0.25, -0.2) is 8.78 Å². The summed E-state index contributed by atoms with van der Waals surface area (Å²) in [6.07, 6.45) is 0.632. The first kappa shape index (κ1) is 15.1. The van der Waals surface area contributed by atoms with E-state index in [1.54, 1.807) is 13.2 Å². The number of benzene rings is 1. The fourth-order valence-electron chi connectivity index (χ4n) is 2.20. The molecule has 0 fully saturated rings. The van der Waals surface area contributed by atoms with E-state index in [-0.39, 0.29) is 12.1 Å². The fourth-order valence-corrected chi connectivity index (χ4v) is 2.20. The number of hydrogen-bond donors (Lipinski definition) is 1. The minimum absolute atomic E-state index is 0.0307. The minimum atomic E-state index is -0.813. The van der Waals surface area contributed by atoms with E-state index in [0.29, 0.717) is 12.3 Å². The number of rotatable bonds is 6. The van der Waals surface area contributed by atoms with Gasteiger partial charge in [0.1, 0.15) is 0 Å². The molecule has 2 nitrogen and oxygen atoms in total. The number of hydrogen-bond acceptors (Lipinski definition) is 2. The van der Waals surface area contributed by atoms with E-state index in [2.05, 4.69) is 19.2 Å². The first-order valence-corrected chi connectivity index (χ1v) is 6.13. The second-order valence-electron chi connectivity index (χ2n) is 4.79. The highest BCUT2D eigenvalue weighted by Gasteiger charge is 2.23. The molecule has 0 heterocycles. The van der Waals surface area contributed by atoms with Crippen LogP contribution in [0.3, 0.4) is 0 Å². The Morgan fingerprint density at radius 3 is 2.33 bits per heavy atom. The Morgan fingerprint density at radius 2 is 1.89 bits per heavy atom. The topological polar surface area (TPSA) is 21.3 Å². The third kappa shape index (κ3) is 3.75. The quantitative estimate of drug-likeness (QED) is 0.846. The molecule has 0 spiro atoms. The molecule has 0 aliphatic heterocycles. The molecule has 102 valence electrons. The van der Waals surface area contributed by atoms with Gasteiger partial charge in [0.15, 0.2) is 11.6 Å². The van der Waals surface area contributed by atoms with Gasteiger partial charge < -0.3 is 10.1 Å². The third-order valence-electron chi connectivity index (χ3n) is 3.14. The summed E-state index contributed by atoms with van der Waals surface area (Å²) in [6, 6.07) is 4.08. The zero-order valence-electron chi connectivity index (χ0n) is 11.3. The molecule has 0 aromatic heterocycles. The second-order valence-corrected chi connectivity index (χ2v) is 4.79. The SMILES string of the molecule is CNC(Cc1ccc(F)c(F)c1)C(OC)C(C)C. The van der Waals surface area contributed by atoms with E-state index in [4.69, 9.17) is 4.74 Å². The summed E-state index contributed by atoms with van der Waals surface area (Å²) >= 11 is 0. The Balaban J connectivity index is 2.81. The normalized spacial score (nSPS) is 14.8. The first-order chi connectivity index (χ1) is 8.49. The van der Waals surface area contributed by atoms with Gasteiger partial charge in [0.2, 0.25) is 0 Å². The lowest BCUT2D eigenvalue weighted by Gasteiger charge is -2.29. The Labute approximate surface area is 107 Å². The van der Waals surface area contributed by atoms with Crippen molar-refractivity contribution in [1.29, 1.82) is 0 Å². The van der Waals surface area contributed by atoms with Gasteiger partial charge in [-0.15, -0.1) is 0 Å². The van der Waals surface area contributed by atoms with Crippen molar-refractivity contribution in [3.63, 3.8) is 0 Å². The van der Waals surface area contributed by atoms with E-state index in [9.17, 15) is 8.78 Å². The van der Waals surface area contributed by atoms with Gasteiger partial charge >= 0.3 is 0 Å². The van der Waals surface area contributed by atoms with Crippen molar-refractivity contribution >= 4 is 0 Å². The average molecular weight is 257 g/mol. The zero-order valence-corrected chi connectivity index (χ0v) is 11.3. The van der Waals surface area contributed by atoms with Crippen LogP contribution in [-0.4, -0.2) is 26.3 Å². The summed E-state index contributed by atoms with van der Waals surface area (Å²) in [5.74, 6) is -1.27. The lowest BCUT2D eigenvalue weighted by molar-refractivity contribution is 0.0354. The Bertz CT molecular complexity index is 382. The van der Waals surface area contributed by atoms with E-state index in [1.807, 2.05) is 7.05 Å². The molecular weight excluding hydrogens is 236 g/mol. The van der Waals surface area contributed by atoms with E-state index < -0.39 is 11.6 Å². The molecule has 0 aliphatic carbocycles. The number of ether oxygens (including phenoxy) is 1. The van der Waals surface area contributed by atoms with Crippen LogP contribution in [0.2, 0.25) is 0 Å². The van der Waals surface area contributed by atoms with E-state index in [1.165, 1.54) is 6.07 Å². The van der Waals surface area contributed by atoms with Crippen molar-refractivity contribution in [3.05, 3.63) is 35.4 Å². The lowest BCUT2D eigenvalue weighted by atomic mass is 9.94. The molecule has 1 rings (SSSR count). The van der Waals surface area contributed by atoms with E-state index >= 15 is 0 Å². The fraction of sp³-hybridized carbons (Fsp3) is 0.571. The molecule has 4 heteroatoms. The van der Waals surface area contributed by atoms with Gasteiger partial charge in [-0.2, -0.15) is 0 Å². The zero-order chi connectivity index (χ0) is 13.7. The van der Waals surface area contributed by atoms with Crippen molar-refractivity contribution in [2.24, 2.45) is 5.92 Å². The predicted octanol–water partition coefficient (Wildman–Crippen LogP) is 2.77. The van der Waals surface area contributed by atoms with Gasteiger partial charge in [-0.05, 0) is 37.1 Å². The van der Waals surface area contributed by atoms with Crippen LogP contribution < -0.4 is 5.32 Å². The first-order valence-electron chi connectivity index (χ1n) is 6.13. The molecular formula is C14H21F2NO. The Morgan fingerprint density at radius 1 is 1.22 bits per heavy atom. The Kier molecular flexibility index (Phi) is 5.69. The summed E-state index contributed by atoms with van der Waals surface area (Å²) in [5.41, 5.74) is 0.760. The number of methoxy groups -OCH3 is 1. The molecule has 1 aromatic carbocycles. The molecule has 0 aliphatic rings. The van der Waals surface area contributed by atoms with Gasteiger partial charge in [0.25, 0.3) is 0 Å². The molecule has 2 unspecified atom stereocenters. The van der Waals surface area contributed by atoms with Gasteiger partial charge in [0, 0.05) is 13.2 Å². The summed E-state index contributed by atoms with van der Waals surface area (Å²) in [7, 11) is 3.51. The van der Waals surface area contributed by atoms with E-state index in [0.717, 1.165) is 11.6 Å². The molecule has 2 atom stereocenters. The Hall–Kier alpha value is -1.00. The van der Waals surface area contributed by atoms with Crippen LogP contribution in [0.4, 0.5) is 8.78 Å². The van der Waals surface area contributed by atoms with Crippen LogP contribution >= 0.6 is 0 Å². The van der Waals surface area contributed by atoms with Crippen molar-refractivity contribution in [2.45, 2.75) is 32.4 Å². The molecule has 0 saturated heterocycles. The summed E-state index contributed by atoms with van der Waals surface area (Å²) in [4.78, 5) is 0. The van der Waals surface area contributed by atoms with Crippen molar-refractivity contribution in [1.82, 2.24) is 5.32 Å². The standard InChI is InChI=1S/C14H21F2NO/c1-9(2)14(18-4)13(17-3)8-10-5-6-11(15)12(16)7-10/h5-7,9,13-14,17H,8H2,1-4H3. The molecule has 18 heavy (non-hydrogen) atoms. The maximum absolute atomic E-state index is 13.1. The van der Waals surface area contributed by atoms with Crippen molar-refractivity contribution in [2.75, 3.05) is 14.2 Å². The van der Waals surface area contributed by atoms with Gasteiger partial charge in [-0.1, -0.05) is 19.9 Å². The molecule has 1 N–H and O–H groups in total. The maximum Gasteiger partial charge on any atom is 0.159 e. The highest BCUT2D eigenvalue weighted by molar-refractivity contribution is 5.19. The number of likely N-dealkylation sites (N-methyl/N-ethyl adjacent to an activating group) is 1. The minimum Gasteiger partial charge on any atom is -0.380 e. The summed E-state index contributed by atoms with van der Waals surface area (Å²) < 4.78 is 31.5. The van der Waals surface area contributed by atoms with Crippen LogP contribution in [-0.2, 0) is 11.2 Å². The number of nitrogens with one attached hydrogen (secondary N) is 1. The molecule has 0 saturated carbocycles. The highest BCUT2D eigenvalue weighted by atomic mass is 19.2. The van der Waals surface area contributed by atoms with Gasteiger partial charge in [0.05, 0.1) is 6.10 Å². The van der Waals surface area contributed by atoms with Crippen LogP contribution in [0.5, 0.6) is 0 Å². The smallest absolute Gasteiger partial charge is 0.159 e. The molecule has 0 radical (unpaired) electrons. The number of halogens is 2. The summed E-state index contributed by atoms with van der Waals surface area (Å²) in [5, 5.41) is 3.18. The van der Waals surface area contributed by atoms with Crippen LogP contribution in [0, 0.1) is 17.6 Å². The third-order valence-corrected chi connectivity index (χ3v) is 3.14. The highest BCUT2D eigenvalue weighted by Crippen LogP contribution is 2.16.